The van der Waals surface area contributed by atoms with Gasteiger partial charge in [0.05, 0.1) is 0 Å². The molecule has 1 heteroatoms. The molecule has 12 heavy (non-hydrogen) atoms. The largest absolute Gasteiger partial charge is 0.294 e. The van der Waals surface area contributed by atoms with Crippen LogP contribution in [-0.2, 0) is 6.42 Å². The Bertz CT molecular complexity index is 326. The third-order valence-corrected chi connectivity index (χ3v) is 2.28. The molecule has 0 bridgehead atoms. The van der Waals surface area contributed by atoms with Crippen LogP contribution in [0.4, 0.5) is 0 Å². The van der Waals surface area contributed by atoms with E-state index >= 15 is 0 Å². The van der Waals surface area contributed by atoms with E-state index in [1.807, 2.05) is 12.1 Å². The summed E-state index contributed by atoms with van der Waals surface area (Å²) in [7, 11) is 0. The second-order valence-corrected chi connectivity index (χ2v) is 3.19. The van der Waals surface area contributed by atoms with Crippen molar-refractivity contribution in [2.75, 3.05) is 0 Å². The molecule has 0 aliphatic heterocycles. The molecule has 1 aliphatic rings. The van der Waals surface area contributed by atoms with Crippen LogP contribution in [0, 0.1) is 6.92 Å². The van der Waals surface area contributed by atoms with Crippen molar-refractivity contribution in [1.82, 2.24) is 0 Å². The number of hydrogen-bond donors (Lipinski definition) is 0. The second kappa shape index (κ2) is 2.74. The van der Waals surface area contributed by atoms with Crippen molar-refractivity contribution in [3.05, 3.63) is 41.8 Å². The van der Waals surface area contributed by atoms with Crippen molar-refractivity contribution in [3.63, 3.8) is 0 Å². The lowest BCUT2D eigenvalue weighted by Crippen LogP contribution is -2.10. The predicted molar refractivity (Wildman–Crippen MR) is 47.1 cm³/mol. The van der Waals surface area contributed by atoms with Crippen LogP contribution in [0.5, 0.6) is 0 Å². The van der Waals surface area contributed by atoms with Crippen LogP contribution >= 0.6 is 0 Å². The average Bonchev–Trinajstić information content (AvgIpc) is 2.07. The standard InChI is InChI=1S/C11H10O/c1-8-5-6-9-3-2-4-11(12)10(9)7-8/h1,5-7H,2-4H2. The third-order valence-electron chi connectivity index (χ3n) is 2.28. The summed E-state index contributed by atoms with van der Waals surface area (Å²) < 4.78 is 0. The number of hydrogen-bond acceptors (Lipinski definition) is 1. The first-order valence-corrected chi connectivity index (χ1v) is 4.19. The highest BCUT2D eigenvalue weighted by molar-refractivity contribution is 5.98. The number of benzene rings is 1. The van der Waals surface area contributed by atoms with Crippen LogP contribution in [0.2, 0.25) is 0 Å². The maximum atomic E-state index is 11.4. The Morgan fingerprint density at radius 2 is 2.08 bits per heavy atom. The van der Waals surface area contributed by atoms with Crippen LogP contribution in [-0.4, -0.2) is 5.78 Å². The summed E-state index contributed by atoms with van der Waals surface area (Å²) in [6.07, 6.45) is 2.67. The molecule has 0 heterocycles. The van der Waals surface area contributed by atoms with Gasteiger partial charge in [-0.2, -0.15) is 0 Å². The van der Waals surface area contributed by atoms with Gasteiger partial charge >= 0.3 is 0 Å². The SMILES string of the molecule is [CH]c1ccc2c(c1)C(=O)CCC2. The van der Waals surface area contributed by atoms with Crippen LogP contribution < -0.4 is 0 Å². The van der Waals surface area contributed by atoms with Crippen molar-refractivity contribution in [2.24, 2.45) is 0 Å². The molecule has 0 spiro atoms. The number of rotatable bonds is 0. The van der Waals surface area contributed by atoms with Crippen LogP contribution in [0.15, 0.2) is 18.2 Å². The first-order chi connectivity index (χ1) is 5.77. The molecule has 0 N–H and O–H groups in total. The molecule has 0 amide bonds. The molecule has 1 aromatic rings. The van der Waals surface area contributed by atoms with E-state index in [4.69, 9.17) is 6.92 Å². The van der Waals surface area contributed by atoms with Gasteiger partial charge in [-0.3, -0.25) is 4.79 Å². The fraction of sp³-hybridized carbons (Fsp3) is 0.273. The van der Waals surface area contributed by atoms with E-state index in [1.54, 1.807) is 6.07 Å². The molecular weight excluding hydrogens is 148 g/mol. The number of ketones is 1. The summed E-state index contributed by atoms with van der Waals surface area (Å²) >= 11 is 0. The Balaban J connectivity index is 2.54. The minimum atomic E-state index is 0.239. The summed E-state index contributed by atoms with van der Waals surface area (Å²) in [4.78, 5) is 11.4. The summed E-state index contributed by atoms with van der Waals surface area (Å²) in [5.74, 6) is 0.239. The average molecular weight is 158 g/mol. The molecule has 0 saturated heterocycles. The predicted octanol–water partition coefficient (Wildman–Crippen LogP) is 2.26. The summed E-state index contributed by atoms with van der Waals surface area (Å²) in [6.45, 7) is 5.59. The van der Waals surface area contributed by atoms with E-state index in [1.165, 1.54) is 0 Å². The molecule has 0 unspecified atom stereocenters. The number of carbonyl (C=O) groups is 1. The van der Waals surface area contributed by atoms with Gasteiger partial charge in [0, 0.05) is 12.0 Å². The highest BCUT2D eigenvalue weighted by Gasteiger charge is 2.16. The Labute approximate surface area is 72.4 Å². The van der Waals surface area contributed by atoms with Crippen LogP contribution in [0.1, 0.15) is 34.3 Å². The summed E-state index contributed by atoms with van der Waals surface area (Å²) in [5.41, 5.74) is 2.67. The zero-order valence-electron chi connectivity index (χ0n) is 6.84. The van der Waals surface area contributed by atoms with Crippen molar-refractivity contribution in [2.45, 2.75) is 19.3 Å². The maximum Gasteiger partial charge on any atom is 0.163 e. The Morgan fingerprint density at radius 1 is 1.25 bits per heavy atom. The van der Waals surface area contributed by atoms with Gasteiger partial charge in [0.15, 0.2) is 5.78 Å². The monoisotopic (exact) mass is 158 g/mol. The van der Waals surface area contributed by atoms with Crippen molar-refractivity contribution in [1.29, 1.82) is 0 Å². The minimum Gasteiger partial charge on any atom is -0.294 e. The fourth-order valence-corrected chi connectivity index (χ4v) is 1.65. The van der Waals surface area contributed by atoms with E-state index in [0.29, 0.717) is 12.0 Å². The zero-order valence-corrected chi connectivity index (χ0v) is 6.84. The molecule has 0 aromatic heterocycles. The molecule has 0 saturated carbocycles. The molecule has 2 rings (SSSR count). The van der Waals surface area contributed by atoms with Crippen molar-refractivity contribution < 1.29 is 4.79 Å². The smallest absolute Gasteiger partial charge is 0.163 e. The third kappa shape index (κ3) is 1.15. The number of aryl methyl sites for hydroxylation is 1. The fourth-order valence-electron chi connectivity index (χ4n) is 1.65. The number of carbonyl (C=O) groups excluding carboxylic acids is 1. The normalized spacial score (nSPS) is 15.9. The first kappa shape index (κ1) is 7.53. The van der Waals surface area contributed by atoms with Gasteiger partial charge in [0.1, 0.15) is 0 Å². The lowest BCUT2D eigenvalue weighted by molar-refractivity contribution is 0.0972. The molecular formula is C11H10O. The molecule has 1 aliphatic carbocycles. The highest BCUT2D eigenvalue weighted by Crippen LogP contribution is 2.21. The molecule has 1 aromatic carbocycles. The second-order valence-electron chi connectivity index (χ2n) is 3.19. The van der Waals surface area contributed by atoms with Crippen LogP contribution in [0.25, 0.3) is 0 Å². The lowest BCUT2D eigenvalue weighted by Gasteiger charge is -2.14. The van der Waals surface area contributed by atoms with E-state index in [0.717, 1.165) is 24.0 Å². The van der Waals surface area contributed by atoms with Gasteiger partial charge in [-0.1, -0.05) is 12.1 Å². The number of Topliss-reactive ketones (excluding diaryl/α,β-unsaturated/α-hetero) is 1. The zero-order chi connectivity index (χ0) is 8.55. The maximum absolute atomic E-state index is 11.4. The molecule has 1 nitrogen and oxygen atoms in total. The number of fused-ring (bicyclic) bond motifs is 1. The van der Waals surface area contributed by atoms with Gasteiger partial charge in [0.25, 0.3) is 0 Å². The van der Waals surface area contributed by atoms with E-state index in [9.17, 15) is 4.79 Å². The quantitative estimate of drug-likeness (QED) is 0.566. The van der Waals surface area contributed by atoms with Crippen molar-refractivity contribution in [3.8, 4) is 0 Å². The molecule has 0 atom stereocenters. The van der Waals surface area contributed by atoms with Crippen molar-refractivity contribution >= 4 is 5.78 Å². The lowest BCUT2D eigenvalue weighted by atomic mass is 9.90. The molecule has 60 valence electrons. The van der Waals surface area contributed by atoms with Gasteiger partial charge in [-0.25, -0.2) is 0 Å². The van der Waals surface area contributed by atoms with Gasteiger partial charge < -0.3 is 0 Å². The first-order valence-electron chi connectivity index (χ1n) is 4.19. The van der Waals surface area contributed by atoms with E-state index in [-0.39, 0.29) is 5.78 Å². The highest BCUT2D eigenvalue weighted by atomic mass is 16.1. The Hall–Kier alpha value is -1.11. The summed E-state index contributed by atoms with van der Waals surface area (Å²) in [6, 6.07) is 5.61. The molecule has 2 radical (unpaired) electrons. The molecule has 0 fully saturated rings. The van der Waals surface area contributed by atoms with Gasteiger partial charge in [0.2, 0.25) is 0 Å². The Kier molecular flexibility index (Phi) is 1.72. The minimum absolute atomic E-state index is 0.239. The van der Waals surface area contributed by atoms with E-state index < -0.39 is 0 Å². The van der Waals surface area contributed by atoms with E-state index in [2.05, 4.69) is 0 Å². The van der Waals surface area contributed by atoms with Gasteiger partial charge in [-0.05, 0) is 37.0 Å². The Morgan fingerprint density at radius 3 is 2.92 bits per heavy atom. The summed E-state index contributed by atoms with van der Waals surface area (Å²) in [5, 5.41) is 0. The van der Waals surface area contributed by atoms with Crippen LogP contribution in [0.3, 0.4) is 0 Å². The topological polar surface area (TPSA) is 17.1 Å². The van der Waals surface area contributed by atoms with Gasteiger partial charge in [-0.15, -0.1) is 0 Å².